The van der Waals surface area contributed by atoms with Crippen molar-refractivity contribution in [2.45, 2.75) is 25.2 Å². The van der Waals surface area contributed by atoms with Gasteiger partial charge in [0, 0.05) is 25.7 Å². The molecule has 0 bridgehead atoms. The molecule has 0 aliphatic rings. The van der Waals surface area contributed by atoms with Crippen LogP contribution < -0.4 is 15.2 Å². The van der Waals surface area contributed by atoms with Crippen LogP contribution in [-0.2, 0) is 16.4 Å². The highest BCUT2D eigenvalue weighted by atomic mass is 32.2. The molecule has 0 atom stereocenters. The third kappa shape index (κ3) is 5.69. The predicted molar refractivity (Wildman–Crippen MR) is 107 cm³/mol. The van der Waals surface area contributed by atoms with Crippen molar-refractivity contribution in [3.63, 3.8) is 0 Å². The van der Waals surface area contributed by atoms with Crippen LogP contribution >= 0.6 is 0 Å². The zero-order chi connectivity index (χ0) is 19.7. The number of rotatable bonds is 11. The average Bonchev–Trinajstić information content (AvgIpc) is 2.67. The third-order valence-electron chi connectivity index (χ3n) is 4.02. The molecule has 0 aliphatic heterocycles. The second kappa shape index (κ2) is 10.3. The molecule has 0 saturated carbocycles. The summed E-state index contributed by atoms with van der Waals surface area (Å²) in [5.41, 5.74) is 6.74. The molecule has 6 nitrogen and oxygen atoms in total. The normalized spacial score (nSPS) is 11.6. The van der Waals surface area contributed by atoms with Crippen LogP contribution in [0.15, 0.2) is 53.4 Å². The quantitative estimate of drug-likeness (QED) is 0.636. The molecule has 0 saturated heterocycles. The number of ether oxygens (including phenoxy) is 2. The van der Waals surface area contributed by atoms with Gasteiger partial charge in [0.05, 0.1) is 18.1 Å². The summed E-state index contributed by atoms with van der Waals surface area (Å²) in [5, 5.41) is 0. The van der Waals surface area contributed by atoms with Crippen LogP contribution in [-0.4, -0.2) is 45.6 Å². The lowest BCUT2D eigenvalue weighted by Crippen LogP contribution is -2.37. The first-order valence-corrected chi connectivity index (χ1v) is 10.6. The van der Waals surface area contributed by atoms with Crippen LogP contribution in [0.2, 0.25) is 0 Å². The molecule has 2 aromatic rings. The average molecular weight is 393 g/mol. The Kier molecular flexibility index (Phi) is 8.09. The van der Waals surface area contributed by atoms with Crippen molar-refractivity contribution in [1.82, 2.24) is 4.31 Å². The molecular weight excluding hydrogens is 364 g/mol. The summed E-state index contributed by atoms with van der Waals surface area (Å²) in [7, 11) is -3.69. The molecule has 0 heterocycles. The lowest BCUT2D eigenvalue weighted by Gasteiger charge is -2.22. The summed E-state index contributed by atoms with van der Waals surface area (Å²) >= 11 is 0. The summed E-state index contributed by atoms with van der Waals surface area (Å²) in [5.74, 6) is 0.962. The molecule has 7 heteroatoms. The molecular formula is C20H28N2O4S. The summed E-state index contributed by atoms with van der Waals surface area (Å²) < 4.78 is 38.8. The van der Waals surface area contributed by atoms with Crippen molar-refractivity contribution in [2.75, 3.05) is 32.8 Å². The fraction of sp³-hybridized carbons (Fsp3) is 0.400. The minimum Gasteiger partial charge on any atom is -0.490 e. The maximum absolute atomic E-state index is 13.1. The zero-order valence-corrected chi connectivity index (χ0v) is 16.7. The van der Waals surface area contributed by atoms with Gasteiger partial charge in [-0.05, 0) is 38.0 Å². The largest absolute Gasteiger partial charge is 0.490 e. The molecule has 0 radical (unpaired) electrons. The first-order chi connectivity index (χ1) is 13.0. The highest BCUT2D eigenvalue weighted by Crippen LogP contribution is 2.31. The van der Waals surface area contributed by atoms with Crippen molar-refractivity contribution >= 4 is 10.0 Å². The van der Waals surface area contributed by atoms with E-state index in [0.717, 1.165) is 5.56 Å². The summed E-state index contributed by atoms with van der Waals surface area (Å²) in [4.78, 5) is 0.177. The topological polar surface area (TPSA) is 81.9 Å². The number of nitrogens with zero attached hydrogens (tertiary/aromatic N) is 1. The Hall–Kier alpha value is -2.09. The van der Waals surface area contributed by atoms with E-state index in [1.54, 1.807) is 12.1 Å². The van der Waals surface area contributed by atoms with E-state index in [9.17, 15) is 8.42 Å². The van der Waals surface area contributed by atoms with Crippen molar-refractivity contribution in [1.29, 1.82) is 0 Å². The van der Waals surface area contributed by atoms with Crippen molar-refractivity contribution < 1.29 is 17.9 Å². The van der Waals surface area contributed by atoms with E-state index in [1.165, 1.54) is 10.4 Å². The van der Waals surface area contributed by atoms with Gasteiger partial charge in [-0.2, -0.15) is 4.31 Å². The van der Waals surface area contributed by atoms with Gasteiger partial charge < -0.3 is 15.2 Å². The Morgan fingerprint density at radius 3 is 2.22 bits per heavy atom. The van der Waals surface area contributed by atoms with E-state index in [1.807, 2.05) is 44.2 Å². The van der Waals surface area contributed by atoms with Gasteiger partial charge in [0.25, 0.3) is 0 Å². The molecule has 0 fully saturated rings. The van der Waals surface area contributed by atoms with Gasteiger partial charge in [0.1, 0.15) is 0 Å². The molecule has 27 heavy (non-hydrogen) atoms. The Labute approximate surface area is 161 Å². The van der Waals surface area contributed by atoms with Crippen LogP contribution in [0, 0.1) is 0 Å². The highest BCUT2D eigenvalue weighted by molar-refractivity contribution is 7.89. The zero-order valence-electron chi connectivity index (χ0n) is 15.9. The van der Waals surface area contributed by atoms with Gasteiger partial charge in [-0.15, -0.1) is 0 Å². The molecule has 0 aliphatic carbocycles. The Morgan fingerprint density at radius 1 is 0.926 bits per heavy atom. The van der Waals surface area contributed by atoms with Gasteiger partial charge in [-0.1, -0.05) is 30.3 Å². The summed E-state index contributed by atoms with van der Waals surface area (Å²) in [6.45, 7) is 5.48. The number of hydrogen-bond donors (Lipinski definition) is 1. The molecule has 0 spiro atoms. The Bertz CT molecular complexity index is 810. The second-order valence-electron chi connectivity index (χ2n) is 5.90. The standard InChI is InChI=1S/C20H28N2O4S/c1-3-25-19-11-10-18(16-20(19)26-4-2)27(23,24)22(15-13-21)14-12-17-8-6-5-7-9-17/h5-11,16H,3-4,12-15,21H2,1-2H3. The smallest absolute Gasteiger partial charge is 0.243 e. The van der Waals surface area contributed by atoms with Crippen molar-refractivity contribution in [3.05, 3.63) is 54.1 Å². The number of sulfonamides is 1. The summed E-state index contributed by atoms with van der Waals surface area (Å²) in [6.07, 6.45) is 0.620. The maximum atomic E-state index is 13.1. The lowest BCUT2D eigenvalue weighted by atomic mass is 10.1. The minimum absolute atomic E-state index is 0.177. The van der Waals surface area contributed by atoms with Crippen molar-refractivity contribution in [2.24, 2.45) is 5.73 Å². The van der Waals surface area contributed by atoms with E-state index in [2.05, 4.69) is 0 Å². The molecule has 2 aromatic carbocycles. The molecule has 148 valence electrons. The number of nitrogens with two attached hydrogens (primary N) is 1. The monoisotopic (exact) mass is 392 g/mol. The van der Waals surface area contributed by atoms with Crippen LogP contribution in [0.4, 0.5) is 0 Å². The first kappa shape index (κ1) is 21.2. The number of benzene rings is 2. The highest BCUT2D eigenvalue weighted by Gasteiger charge is 2.25. The van der Waals surface area contributed by atoms with E-state index in [-0.39, 0.29) is 18.0 Å². The van der Waals surface area contributed by atoms with Gasteiger partial charge in [0.2, 0.25) is 10.0 Å². The molecule has 2 N–H and O–H groups in total. The van der Waals surface area contributed by atoms with Crippen LogP contribution in [0.5, 0.6) is 11.5 Å². The van der Waals surface area contributed by atoms with Crippen LogP contribution in [0.25, 0.3) is 0 Å². The third-order valence-corrected chi connectivity index (χ3v) is 5.92. The van der Waals surface area contributed by atoms with E-state index in [0.29, 0.717) is 37.7 Å². The van der Waals surface area contributed by atoms with Crippen LogP contribution in [0.3, 0.4) is 0 Å². The molecule has 0 amide bonds. The van der Waals surface area contributed by atoms with Crippen molar-refractivity contribution in [3.8, 4) is 11.5 Å². The molecule has 0 unspecified atom stereocenters. The predicted octanol–water partition coefficient (Wildman–Crippen LogP) is 2.68. The van der Waals surface area contributed by atoms with Crippen LogP contribution in [0.1, 0.15) is 19.4 Å². The number of hydrogen-bond acceptors (Lipinski definition) is 5. The van der Waals surface area contributed by atoms with E-state index < -0.39 is 10.0 Å². The Morgan fingerprint density at radius 2 is 1.59 bits per heavy atom. The van der Waals surface area contributed by atoms with Gasteiger partial charge in [-0.25, -0.2) is 8.42 Å². The maximum Gasteiger partial charge on any atom is 0.243 e. The second-order valence-corrected chi connectivity index (χ2v) is 7.84. The Balaban J connectivity index is 2.27. The fourth-order valence-electron chi connectivity index (χ4n) is 2.74. The lowest BCUT2D eigenvalue weighted by molar-refractivity contribution is 0.287. The van der Waals surface area contributed by atoms with E-state index >= 15 is 0 Å². The first-order valence-electron chi connectivity index (χ1n) is 9.16. The SMILES string of the molecule is CCOc1ccc(S(=O)(=O)N(CCN)CCc2ccccc2)cc1OCC. The molecule has 2 rings (SSSR count). The van der Waals surface area contributed by atoms with Gasteiger partial charge in [0.15, 0.2) is 11.5 Å². The van der Waals surface area contributed by atoms with Gasteiger partial charge >= 0.3 is 0 Å². The summed E-state index contributed by atoms with van der Waals surface area (Å²) in [6, 6.07) is 14.5. The van der Waals surface area contributed by atoms with Gasteiger partial charge in [-0.3, -0.25) is 0 Å². The minimum atomic E-state index is -3.69. The van der Waals surface area contributed by atoms with E-state index in [4.69, 9.17) is 15.2 Å². The molecule has 0 aromatic heterocycles. The fourth-order valence-corrected chi connectivity index (χ4v) is 4.21.